The quantitative estimate of drug-likeness (QED) is 0.176. The molecule has 4 fully saturated rings. The first kappa shape index (κ1) is 26.2. The molecule has 6 rings (SSSR count). The predicted octanol–water partition coefficient (Wildman–Crippen LogP) is 4.50. The molecule has 0 N–H and O–H groups in total. The van der Waals surface area contributed by atoms with E-state index in [0.717, 1.165) is 71.2 Å². The lowest BCUT2D eigenvalue weighted by Crippen LogP contribution is -2.09. The Labute approximate surface area is 229 Å². The van der Waals surface area contributed by atoms with E-state index in [1.54, 1.807) is 0 Å². The van der Waals surface area contributed by atoms with Crippen LogP contribution < -0.4 is 9.47 Å². The molecule has 2 aromatic rings. The Morgan fingerprint density at radius 3 is 2.08 bits per heavy atom. The zero-order chi connectivity index (χ0) is 26.8. The van der Waals surface area contributed by atoms with Crippen molar-refractivity contribution >= 4 is 10.8 Å². The van der Waals surface area contributed by atoms with Gasteiger partial charge in [-0.3, -0.25) is 0 Å². The fraction of sp³-hybridized carbons (Fsp3) is 0.484. The minimum absolute atomic E-state index is 0.151. The molecule has 8 nitrogen and oxygen atoms in total. The number of allylic oxidation sites excluding steroid dienone is 4. The Kier molecular flexibility index (Phi) is 7.79. The molecular weight excluding hydrogens is 500 g/mol. The number of rotatable bonds is 16. The first-order chi connectivity index (χ1) is 19.0. The number of hydrogen-bond donors (Lipinski definition) is 0. The average molecular weight is 537 g/mol. The zero-order valence-electron chi connectivity index (χ0n) is 22.6. The molecule has 4 aliphatic rings. The molecule has 0 bridgehead atoms. The monoisotopic (exact) mass is 536 g/mol. The van der Waals surface area contributed by atoms with Crippen LogP contribution in [0.4, 0.5) is 0 Å². The highest BCUT2D eigenvalue weighted by molar-refractivity contribution is 5.89. The van der Waals surface area contributed by atoms with Gasteiger partial charge in [0.2, 0.25) is 0 Å². The van der Waals surface area contributed by atoms with E-state index in [0.29, 0.717) is 38.6 Å². The minimum atomic E-state index is 0.151. The van der Waals surface area contributed by atoms with E-state index in [1.807, 2.05) is 25.1 Å². The molecule has 0 radical (unpaired) electrons. The third-order valence-electron chi connectivity index (χ3n) is 7.10. The fourth-order valence-electron chi connectivity index (χ4n) is 4.37. The van der Waals surface area contributed by atoms with E-state index >= 15 is 0 Å². The molecule has 4 heterocycles. The standard InChI is InChI=1S/C31H36O8/c1-19(8-20(2)32-11-24-14-35-24)28(21(3)33-12-25-15-36-25)10-30-29-9-23(34-13-26-16-37-26)6-4-22(29)5-7-31(30)39-18-27-17-38-27/h4-9,24-27H,2,10-18H2,1,3H3. The Balaban J connectivity index is 1.32. The summed E-state index contributed by atoms with van der Waals surface area (Å²) >= 11 is 0. The molecule has 208 valence electrons. The molecule has 39 heavy (non-hydrogen) atoms. The van der Waals surface area contributed by atoms with Crippen molar-refractivity contribution in [3.8, 4) is 11.5 Å². The maximum Gasteiger partial charge on any atom is 0.123 e. The van der Waals surface area contributed by atoms with Crippen LogP contribution in [0.1, 0.15) is 19.4 Å². The average Bonchev–Trinajstić information content (AvgIpc) is 3.78. The van der Waals surface area contributed by atoms with Gasteiger partial charge in [0, 0.05) is 12.0 Å². The molecule has 4 aliphatic heterocycles. The number of epoxide rings is 4. The summed E-state index contributed by atoms with van der Waals surface area (Å²) in [5.74, 6) is 3.06. The topological polar surface area (TPSA) is 87.0 Å². The largest absolute Gasteiger partial charge is 0.495 e. The van der Waals surface area contributed by atoms with Crippen molar-refractivity contribution in [1.29, 1.82) is 0 Å². The van der Waals surface area contributed by atoms with Gasteiger partial charge >= 0.3 is 0 Å². The van der Waals surface area contributed by atoms with Gasteiger partial charge in [-0.15, -0.1) is 0 Å². The number of benzene rings is 2. The second-order valence-corrected chi connectivity index (χ2v) is 10.5. The highest BCUT2D eigenvalue weighted by Gasteiger charge is 2.27. The first-order valence-corrected chi connectivity index (χ1v) is 13.6. The second-order valence-electron chi connectivity index (χ2n) is 10.5. The molecule has 4 saturated heterocycles. The Morgan fingerprint density at radius 2 is 1.41 bits per heavy atom. The van der Waals surface area contributed by atoms with E-state index in [1.165, 1.54) is 0 Å². The van der Waals surface area contributed by atoms with Crippen LogP contribution in [0.5, 0.6) is 11.5 Å². The summed E-state index contributed by atoms with van der Waals surface area (Å²) in [5, 5.41) is 2.18. The molecular formula is C31H36O8. The SMILES string of the molecule is C=C(C=C(C)C(Cc1c(OCC2CO2)ccc2ccc(OCC3CO3)cc12)=C(C)OCC1CO1)OCC1CO1. The summed E-state index contributed by atoms with van der Waals surface area (Å²) < 4.78 is 45.7. The van der Waals surface area contributed by atoms with E-state index < -0.39 is 0 Å². The van der Waals surface area contributed by atoms with Crippen LogP contribution in [0, 0.1) is 0 Å². The van der Waals surface area contributed by atoms with Gasteiger partial charge in [-0.25, -0.2) is 0 Å². The summed E-state index contributed by atoms with van der Waals surface area (Å²) in [6, 6.07) is 10.3. The molecule has 8 heteroatoms. The maximum atomic E-state index is 6.29. The zero-order valence-corrected chi connectivity index (χ0v) is 22.6. The van der Waals surface area contributed by atoms with Crippen LogP contribution in [-0.4, -0.2) is 77.3 Å². The van der Waals surface area contributed by atoms with Gasteiger partial charge < -0.3 is 37.9 Å². The molecule has 4 atom stereocenters. The number of ether oxygens (including phenoxy) is 8. The summed E-state index contributed by atoms with van der Waals surface area (Å²) in [6.07, 6.45) is 3.22. The lowest BCUT2D eigenvalue weighted by Gasteiger charge is -2.19. The fourth-order valence-corrected chi connectivity index (χ4v) is 4.37. The summed E-state index contributed by atoms with van der Waals surface area (Å²) in [4.78, 5) is 0. The van der Waals surface area contributed by atoms with E-state index in [-0.39, 0.29) is 24.4 Å². The van der Waals surface area contributed by atoms with Gasteiger partial charge in [0.1, 0.15) is 68.1 Å². The van der Waals surface area contributed by atoms with Crippen LogP contribution in [0.25, 0.3) is 10.8 Å². The van der Waals surface area contributed by atoms with Gasteiger partial charge in [-0.1, -0.05) is 18.7 Å². The van der Waals surface area contributed by atoms with Crippen LogP contribution in [0.3, 0.4) is 0 Å². The van der Waals surface area contributed by atoms with E-state index in [2.05, 4.69) is 31.7 Å². The van der Waals surface area contributed by atoms with Crippen molar-refractivity contribution in [2.24, 2.45) is 0 Å². The van der Waals surface area contributed by atoms with Crippen molar-refractivity contribution in [2.45, 2.75) is 44.7 Å². The van der Waals surface area contributed by atoms with E-state index in [4.69, 9.17) is 37.9 Å². The van der Waals surface area contributed by atoms with Crippen molar-refractivity contribution in [1.82, 2.24) is 0 Å². The van der Waals surface area contributed by atoms with Gasteiger partial charge in [-0.05, 0) is 60.0 Å². The van der Waals surface area contributed by atoms with Crippen LogP contribution in [0.2, 0.25) is 0 Å². The predicted molar refractivity (Wildman–Crippen MR) is 145 cm³/mol. The van der Waals surface area contributed by atoms with E-state index in [9.17, 15) is 0 Å². The molecule has 0 aromatic heterocycles. The molecule has 0 saturated carbocycles. The third-order valence-corrected chi connectivity index (χ3v) is 7.10. The highest BCUT2D eigenvalue weighted by atomic mass is 16.6. The van der Waals surface area contributed by atoms with Crippen molar-refractivity contribution in [3.05, 3.63) is 71.2 Å². The Morgan fingerprint density at radius 1 is 0.821 bits per heavy atom. The highest BCUT2D eigenvalue weighted by Crippen LogP contribution is 2.36. The van der Waals surface area contributed by atoms with Gasteiger partial charge in [0.05, 0.1) is 32.2 Å². The summed E-state index contributed by atoms with van der Waals surface area (Å²) in [5.41, 5.74) is 3.12. The number of hydrogen-bond acceptors (Lipinski definition) is 8. The lowest BCUT2D eigenvalue weighted by molar-refractivity contribution is 0.181. The Hall–Kier alpha value is -3.04. The summed E-state index contributed by atoms with van der Waals surface area (Å²) in [6.45, 7) is 13.2. The molecule has 0 spiro atoms. The first-order valence-electron chi connectivity index (χ1n) is 13.6. The van der Waals surface area contributed by atoms with Crippen LogP contribution in [0.15, 0.2) is 65.7 Å². The normalized spacial score (nSPS) is 25.5. The number of fused-ring (bicyclic) bond motifs is 1. The second kappa shape index (κ2) is 11.6. The van der Waals surface area contributed by atoms with Gasteiger partial charge in [0.25, 0.3) is 0 Å². The van der Waals surface area contributed by atoms with Crippen molar-refractivity contribution in [3.63, 3.8) is 0 Å². The lowest BCUT2D eigenvalue weighted by atomic mass is 9.93. The molecule has 2 aromatic carbocycles. The van der Waals surface area contributed by atoms with Crippen molar-refractivity contribution in [2.75, 3.05) is 52.9 Å². The minimum Gasteiger partial charge on any atom is -0.495 e. The van der Waals surface area contributed by atoms with Gasteiger partial charge in [0.15, 0.2) is 0 Å². The molecule has 0 amide bonds. The van der Waals surface area contributed by atoms with Crippen LogP contribution in [-0.2, 0) is 34.8 Å². The summed E-state index contributed by atoms with van der Waals surface area (Å²) in [7, 11) is 0. The van der Waals surface area contributed by atoms with Crippen molar-refractivity contribution < 1.29 is 37.9 Å². The molecule has 0 aliphatic carbocycles. The third kappa shape index (κ3) is 7.54. The molecule has 4 unspecified atom stereocenters. The smallest absolute Gasteiger partial charge is 0.123 e. The van der Waals surface area contributed by atoms with Gasteiger partial charge in [-0.2, -0.15) is 0 Å². The van der Waals surface area contributed by atoms with Crippen LogP contribution >= 0.6 is 0 Å². The maximum absolute atomic E-state index is 6.29. The Bertz CT molecular complexity index is 1260.